The first-order valence-electron chi connectivity index (χ1n) is 7.95. The van der Waals surface area contributed by atoms with Gasteiger partial charge in [0.05, 0.1) is 0 Å². The Labute approximate surface area is 152 Å². The van der Waals surface area contributed by atoms with E-state index in [-0.39, 0.29) is 5.91 Å². The maximum atomic E-state index is 12.2. The summed E-state index contributed by atoms with van der Waals surface area (Å²) in [6, 6.07) is 22.3. The third-order valence-electron chi connectivity index (χ3n) is 3.71. The van der Waals surface area contributed by atoms with Crippen LogP contribution in [0.4, 0.5) is 5.69 Å². The van der Waals surface area contributed by atoms with Gasteiger partial charge in [-0.2, -0.15) is 0 Å². The van der Waals surface area contributed by atoms with Crippen molar-refractivity contribution in [1.29, 1.82) is 0 Å². The summed E-state index contributed by atoms with van der Waals surface area (Å²) in [5.74, 6) is 0.613. The molecule has 0 fully saturated rings. The fourth-order valence-corrected chi connectivity index (χ4v) is 2.50. The van der Waals surface area contributed by atoms with Gasteiger partial charge in [0, 0.05) is 16.3 Å². The van der Waals surface area contributed by atoms with Crippen LogP contribution in [0.2, 0.25) is 5.02 Å². The minimum Gasteiger partial charge on any atom is -0.489 e. The number of rotatable bonds is 5. The van der Waals surface area contributed by atoms with Crippen molar-refractivity contribution < 1.29 is 9.53 Å². The molecule has 3 rings (SSSR count). The van der Waals surface area contributed by atoms with Gasteiger partial charge in [0.1, 0.15) is 12.4 Å². The van der Waals surface area contributed by atoms with Crippen molar-refractivity contribution in [3.05, 3.63) is 94.5 Å². The standard InChI is InChI=1S/C21H18ClNO2/c1-15-3-2-4-17(13-15)21(24)23-19-9-11-20(12-10-19)25-14-16-5-7-18(22)8-6-16/h2-13H,14H2,1H3,(H,23,24). The Morgan fingerprint density at radius 1 is 1.00 bits per heavy atom. The zero-order chi connectivity index (χ0) is 17.6. The van der Waals surface area contributed by atoms with Gasteiger partial charge in [-0.05, 0) is 61.0 Å². The van der Waals surface area contributed by atoms with Crippen molar-refractivity contribution in [1.82, 2.24) is 0 Å². The molecular weight excluding hydrogens is 334 g/mol. The predicted molar refractivity (Wildman–Crippen MR) is 101 cm³/mol. The van der Waals surface area contributed by atoms with Gasteiger partial charge >= 0.3 is 0 Å². The van der Waals surface area contributed by atoms with Crippen LogP contribution in [-0.2, 0) is 6.61 Å². The molecule has 0 spiro atoms. The highest BCUT2D eigenvalue weighted by Crippen LogP contribution is 2.18. The molecule has 0 atom stereocenters. The van der Waals surface area contributed by atoms with Crippen LogP contribution in [0.5, 0.6) is 5.75 Å². The molecule has 1 N–H and O–H groups in total. The first-order chi connectivity index (χ1) is 12.1. The van der Waals surface area contributed by atoms with E-state index >= 15 is 0 Å². The number of nitrogens with one attached hydrogen (secondary N) is 1. The van der Waals surface area contributed by atoms with E-state index in [4.69, 9.17) is 16.3 Å². The minimum absolute atomic E-state index is 0.126. The minimum atomic E-state index is -0.126. The molecule has 0 saturated carbocycles. The normalized spacial score (nSPS) is 10.3. The SMILES string of the molecule is Cc1cccc(C(=O)Nc2ccc(OCc3ccc(Cl)cc3)cc2)c1. The first kappa shape index (κ1) is 17.1. The van der Waals surface area contributed by atoms with Crippen molar-refractivity contribution in [3.8, 4) is 5.75 Å². The number of carbonyl (C=O) groups is 1. The number of benzene rings is 3. The largest absolute Gasteiger partial charge is 0.489 e. The molecule has 0 aliphatic heterocycles. The lowest BCUT2D eigenvalue weighted by molar-refractivity contribution is 0.102. The molecule has 3 aromatic carbocycles. The third kappa shape index (κ3) is 4.85. The molecule has 25 heavy (non-hydrogen) atoms. The summed E-state index contributed by atoms with van der Waals surface area (Å²) < 4.78 is 5.74. The van der Waals surface area contributed by atoms with Crippen LogP contribution in [0.1, 0.15) is 21.5 Å². The summed E-state index contributed by atoms with van der Waals surface area (Å²) in [6.07, 6.45) is 0. The molecular formula is C21H18ClNO2. The highest BCUT2D eigenvalue weighted by atomic mass is 35.5. The van der Waals surface area contributed by atoms with Crippen molar-refractivity contribution in [3.63, 3.8) is 0 Å². The van der Waals surface area contributed by atoms with Gasteiger partial charge in [0.15, 0.2) is 0 Å². The first-order valence-corrected chi connectivity index (χ1v) is 8.33. The van der Waals surface area contributed by atoms with Crippen molar-refractivity contribution in [2.75, 3.05) is 5.32 Å². The van der Waals surface area contributed by atoms with Crippen LogP contribution < -0.4 is 10.1 Å². The average Bonchev–Trinajstić information content (AvgIpc) is 2.62. The number of hydrogen-bond acceptors (Lipinski definition) is 2. The number of amides is 1. The number of ether oxygens (including phenoxy) is 1. The second-order valence-corrected chi connectivity index (χ2v) is 6.20. The molecule has 0 heterocycles. The molecule has 0 saturated heterocycles. The van der Waals surface area contributed by atoms with Crippen LogP contribution in [0.25, 0.3) is 0 Å². The molecule has 0 aliphatic rings. The summed E-state index contributed by atoms with van der Waals surface area (Å²) in [5, 5.41) is 3.59. The third-order valence-corrected chi connectivity index (χ3v) is 3.96. The Morgan fingerprint density at radius 2 is 1.72 bits per heavy atom. The molecule has 126 valence electrons. The Hall–Kier alpha value is -2.78. The fraction of sp³-hybridized carbons (Fsp3) is 0.0952. The second-order valence-electron chi connectivity index (χ2n) is 5.76. The summed E-state index contributed by atoms with van der Waals surface area (Å²) in [5.41, 5.74) is 3.47. The summed E-state index contributed by atoms with van der Waals surface area (Å²) >= 11 is 5.87. The van der Waals surface area contributed by atoms with Crippen LogP contribution in [0.3, 0.4) is 0 Å². The number of halogens is 1. The molecule has 1 amide bonds. The zero-order valence-corrected chi connectivity index (χ0v) is 14.6. The maximum Gasteiger partial charge on any atom is 0.255 e. The number of aryl methyl sites for hydroxylation is 1. The maximum absolute atomic E-state index is 12.2. The van der Waals surface area contributed by atoms with E-state index in [2.05, 4.69) is 5.32 Å². The number of carbonyl (C=O) groups excluding carboxylic acids is 1. The molecule has 0 bridgehead atoms. The van der Waals surface area contributed by atoms with Gasteiger partial charge in [0.2, 0.25) is 0 Å². The topological polar surface area (TPSA) is 38.3 Å². The predicted octanol–water partition coefficient (Wildman–Crippen LogP) is 5.48. The van der Waals surface area contributed by atoms with Crippen LogP contribution >= 0.6 is 11.6 Å². The summed E-state index contributed by atoms with van der Waals surface area (Å²) in [4.78, 5) is 12.2. The van der Waals surface area contributed by atoms with E-state index in [1.165, 1.54) is 0 Å². The molecule has 0 aromatic heterocycles. The number of anilines is 1. The lowest BCUT2D eigenvalue weighted by atomic mass is 10.1. The van der Waals surface area contributed by atoms with E-state index in [1.807, 2.05) is 73.7 Å². The summed E-state index contributed by atoms with van der Waals surface area (Å²) in [6.45, 7) is 2.43. The average molecular weight is 352 g/mol. The van der Waals surface area contributed by atoms with Crippen molar-refractivity contribution in [2.45, 2.75) is 13.5 Å². The van der Waals surface area contributed by atoms with Gasteiger partial charge in [-0.3, -0.25) is 4.79 Å². The Bertz CT molecular complexity index is 858. The lowest BCUT2D eigenvalue weighted by Crippen LogP contribution is -2.11. The highest BCUT2D eigenvalue weighted by molar-refractivity contribution is 6.30. The zero-order valence-electron chi connectivity index (χ0n) is 13.8. The Kier molecular flexibility index (Phi) is 5.36. The molecule has 3 nitrogen and oxygen atoms in total. The van der Waals surface area contributed by atoms with E-state index in [1.54, 1.807) is 6.07 Å². The van der Waals surface area contributed by atoms with Gasteiger partial charge < -0.3 is 10.1 Å². The highest BCUT2D eigenvalue weighted by Gasteiger charge is 2.06. The van der Waals surface area contributed by atoms with Gasteiger partial charge in [-0.1, -0.05) is 41.4 Å². The second kappa shape index (κ2) is 7.86. The van der Waals surface area contributed by atoms with Crippen LogP contribution in [-0.4, -0.2) is 5.91 Å². The fourth-order valence-electron chi connectivity index (χ4n) is 2.37. The molecule has 0 radical (unpaired) electrons. The van der Waals surface area contributed by atoms with Crippen molar-refractivity contribution >= 4 is 23.2 Å². The molecule has 4 heteroatoms. The van der Waals surface area contributed by atoms with E-state index in [9.17, 15) is 4.79 Å². The Morgan fingerprint density at radius 3 is 2.40 bits per heavy atom. The lowest BCUT2D eigenvalue weighted by Gasteiger charge is -2.09. The van der Waals surface area contributed by atoms with E-state index < -0.39 is 0 Å². The van der Waals surface area contributed by atoms with E-state index in [0.717, 1.165) is 22.6 Å². The quantitative estimate of drug-likeness (QED) is 0.661. The summed E-state index contributed by atoms with van der Waals surface area (Å²) in [7, 11) is 0. The monoisotopic (exact) mass is 351 g/mol. The Balaban J connectivity index is 1.58. The van der Waals surface area contributed by atoms with E-state index in [0.29, 0.717) is 17.2 Å². The van der Waals surface area contributed by atoms with Gasteiger partial charge in [0.25, 0.3) is 5.91 Å². The van der Waals surface area contributed by atoms with Gasteiger partial charge in [-0.15, -0.1) is 0 Å². The smallest absolute Gasteiger partial charge is 0.255 e. The number of hydrogen-bond donors (Lipinski definition) is 1. The van der Waals surface area contributed by atoms with Gasteiger partial charge in [-0.25, -0.2) is 0 Å². The molecule has 0 unspecified atom stereocenters. The van der Waals surface area contributed by atoms with Crippen LogP contribution in [0.15, 0.2) is 72.8 Å². The van der Waals surface area contributed by atoms with Crippen LogP contribution in [0, 0.1) is 6.92 Å². The van der Waals surface area contributed by atoms with Crippen molar-refractivity contribution in [2.24, 2.45) is 0 Å². The molecule has 3 aromatic rings. The molecule has 0 aliphatic carbocycles.